The number of amides is 1. The highest BCUT2D eigenvalue weighted by molar-refractivity contribution is 5.84. The van der Waals surface area contributed by atoms with Crippen LogP contribution < -0.4 is 5.32 Å². The van der Waals surface area contributed by atoms with Crippen LogP contribution in [0.3, 0.4) is 0 Å². The summed E-state index contributed by atoms with van der Waals surface area (Å²) in [5.41, 5.74) is 0.290. The van der Waals surface area contributed by atoms with Crippen molar-refractivity contribution in [1.29, 1.82) is 0 Å². The van der Waals surface area contributed by atoms with Gasteiger partial charge in [0, 0.05) is 12.5 Å². The highest BCUT2D eigenvalue weighted by Crippen LogP contribution is 2.22. The van der Waals surface area contributed by atoms with Crippen molar-refractivity contribution in [2.75, 3.05) is 6.61 Å². The summed E-state index contributed by atoms with van der Waals surface area (Å²) in [6, 6.07) is 8.37. The molecule has 0 saturated heterocycles. The van der Waals surface area contributed by atoms with Crippen molar-refractivity contribution in [2.45, 2.75) is 39.8 Å². The Morgan fingerprint density at radius 1 is 1.24 bits per heavy atom. The highest BCUT2D eigenvalue weighted by Gasteiger charge is 2.30. The fourth-order valence-corrected chi connectivity index (χ4v) is 1.85. The highest BCUT2D eigenvalue weighted by atomic mass is 16.5. The molecule has 0 bridgehead atoms. The van der Waals surface area contributed by atoms with Gasteiger partial charge in [0.25, 0.3) is 5.91 Å². The number of carbonyl (C=O) groups is 2. The lowest BCUT2D eigenvalue weighted by Crippen LogP contribution is -2.48. The second-order valence-electron chi connectivity index (χ2n) is 6.01. The third kappa shape index (κ3) is 5.19. The molecule has 0 aromatic heterocycles. The summed E-state index contributed by atoms with van der Waals surface area (Å²) in [6.07, 6.45) is -1.01. The van der Waals surface area contributed by atoms with Crippen molar-refractivity contribution in [3.63, 3.8) is 0 Å². The number of hydrogen-bond acceptors (Lipinski definition) is 4. The van der Waals surface area contributed by atoms with Gasteiger partial charge in [-0.3, -0.25) is 9.59 Å². The molecule has 21 heavy (non-hydrogen) atoms. The van der Waals surface area contributed by atoms with E-state index in [1.54, 1.807) is 24.3 Å². The average molecular weight is 293 g/mol. The van der Waals surface area contributed by atoms with E-state index < -0.39 is 24.0 Å². The molecule has 0 radical (unpaired) electrons. The molecule has 0 saturated carbocycles. The van der Waals surface area contributed by atoms with E-state index in [0.717, 1.165) is 0 Å². The van der Waals surface area contributed by atoms with E-state index in [0.29, 0.717) is 5.56 Å². The van der Waals surface area contributed by atoms with E-state index in [1.807, 2.05) is 26.8 Å². The number of esters is 1. The van der Waals surface area contributed by atoms with Gasteiger partial charge in [-0.15, -0.1) is 0 Å². The zero-order valence-corrected chi connectivity index (χ0v) is 12.9. The lowest BCUT2D eigenvalue weighted by atomic mass is 9.87. The first-order valence-electron chi connectivity index (χ1n) is 6.89. The smallest absolute Gasteiger partial charge is 0.303 e. The molecule has 0 heterocycles. The van der Waals surface area contributed by atoms with Gasteiger partial charge in [-0.25, -0.2) is 0 Å². The second kappa shape index (κ2) is 7.22. The summed E-state index contributed by atoms with van der Waals surface area (Å²) in [5, 5.41) is 12.2. The van der Waals surface area contributed by atoms with Gasteiger partial charge in [-0.1, -0.05) is 51.1 Å². The summed E-state index contributed by atoms with van der Waals surface area (Å²) in [4.78, 5) is 23.6. The minimum Gasteiger partial charge on any atom is -0.447 e. The monoisotopic (exact) mass is 293 g/mol. The Morgan fingerprint density at radius 3 is 2.24 bits per heavy atom. The quantitative estimate of drug-likeness (QED) is 0.812. The number of nitrogens with one attached hydrogen (secondary N) is 1. The van der Waals surface area contributed by atoms with Gasteiger partial charge in [0.1, 0.15) is 0 Å². The van der Waals surface area contributed by atoms with Crippen molar-refractivity contribution >= 4 is 11.9 Å². The number of ether oxygens (including phenoxy) is 1. The van der Waals surface area contributed by atoms with E-state index in [-0.39, 0.29) is 12.0 Å². The van der Waals surface area contributed by atoms with Gasteiger partial charge in [0.2, 0.25) is 6.10 Å². The van der Waals surface area contributed by atoms with E-state index in [9.17, 15) is 14.7 Å². The molecule has 0 spiro atoms. The molecule has 0 aliphatic heterocycles. The molecule has 0 aliphatic rings. The summed E-state index contributed by atoms with van der Waals surface area (Å²) in [7, 11) is 0. The van der Waals surface area contributed by atoms with Crippen LogP contribution in [0.5, 0.6) is 0 Å². The maximum absolute atomic E-state index is 12.4. The molecule has 2 N–H and O–H groups in total. The number of carbonyl (C=O) groups excluding carboxylic acids is 2. The molecule has 5 nitrogen and oxygen atoms in total. The molecule has 1 rings (SSSR count). The van der Waals surface area contributed by atoms with Crippen LogP contribution in [0.2, 0.25) is 0 Å². The Labute approximate surface area is 125 Å². The van der Waals surface area contributed by atoms with E-state index in [2.05, 4.69) is 5.32 Å². The largest absolute Gasteiger partial charge is 0.447 e. The van der Waals surface area contributed by atoms with Crippen LogP contribution >= 0.6 is 0 Å². The zero-order chi connectivity index (χ0) is 16.0. The Bertz CT molecular complexity index is 479. The lowest BCUT2D eigenvalue weighted by molar-refractivity contribution is -0.155. The van der Waals surface area contributed by atoms with Crippen molar-refractivity contribution in [3.8, 4) is 0 Å². The predicted octanol–water partition coefficient (Wildman–Crippen LogP) is 1.81. The molecule has 1 aromatic carbocycles. The molecule has 116 valence electrons. The molecule has 5 heteroatoms. The topological polar surface area (TPSA) is 75.6 Å². The minimum atomic E-state index is -1.01. The molecule has 0 fully saturated rings. The van der Waals surface area contributed by atoms with Crippen LogP contribution in [-0.2, 0) is 14.3 Å². The van der Waals surface area contributed by atoms with Gasteiger partial charge < -0.3 is 15.2 Å². The van der Waals surface area contributed by atoms with E-state index in [1.165, 1.54) is 6.92 Å². The third-order valence-electron chi connectivity index (χ3n) is 3.17. The standard InChI is InChI=1S/C16H23NO4/c1-11(19)21-14(12-8-6-5-7-9-12)15(20)17-13(10-18)16(2,3)4/h5-9,13-14,18H,10H2,1-4H3,(H,17,20)/t13-,14+/m1/s1. The molecule has 2 atom stereocenters. The van der Waals surface area contributed by atoms with Crippen molar-refractivity contribution in [1.82, 2.24) is 5.32 Å². The van der Waals surface area contributed by atoms with Crippen LogP contribution in [0.15, 0.2) is 30.3 Å². The fourth-order valence-electron chi connectivity index (χ4n) is 1.85. The van der Waals surface area contributed by atoms with Gasteiger partial charge in [0.15, 0.2) is 0 Å². The van der Waals surface area contributed by atoms with E-state index in [4.69, 9.17) is 4.74 Å². The second-order valence-corrected chi connectivity index (χ2v) is 6.01. The first-order chi connectivity index (χ1) is 9.75. The van der Waals surface area contributed by atoms with Crippen LogP contribution in [0, 0.1) is 5.41 Å². The Balaban J connectivity index is 2.94. The molecular formula is C16H23NO4. The van der Waals surface area contributed by atoms with Gasteiger partial charge >= 0.3 is 5.97 Å². The van der Waals surface area contributed by atoms with Crippen LogP contribution in [0.25, 0.3) is 0 Å². The van der Waals surface area contributed by atoms with Crippen LogP contribution in [-0.4, -0.2) is 29.6 Å². The number of rotatable bonds is 5. The molecular weight excluding hydrogens is 270 g/mol. The first-order valence-corrected chi connectivity index (χ1v) is 6.89. The van der Waals surface area contributed by atoms with Gasteiger partial charge in [-0.2, -0.15) is 0 Å². The molecule has 0 aliphatic carbocycles. The number of hydrogen-bond donors (Lipinski definition) is 2. The molecule has 0 unspecified atom stereocenters. The zero-order valence-electron chi connectivity index (χ0n) is 12.9. The van der Waals surface area contributed by atoms with E-state index >= 15 is 0 Å². The Hall–Kier alpha value is -1.88. The van der Waals surface area contributed by atoms with Crippen LogP contribution in [0.1, 0.15) is 39.4 Å². The number of benzene rings is 1. The average Bonchev–Trinajstić information content (AvgIpc) is 2.41. The third-order valence-corrected chi connectivity index (χ3v) is 3.17. The minimum absolute atomic E-state index is 0.184. The van der Waals surface area contributed by atoms with Gasteiger partial charge in [0.05, 0.1) is 12.6 Å². The maximum Gasteiger partial charge on any atom is 0.303 e. The normalized spacial score (nSPS) is 14.1. The van der Waals surface area contributed by atoms with Gasteiger partial charge in [-0.05, 0) is 5.41 Å². The first kappa shape index (κ1) is 17.2. The Morgan fingerprint density at radius 2 is 1.81 bits per heavy atom. The predicted molar refractivity (Wildman–Crippen MR) is 79.4 cm³/mol. The summed E-state index contributed by atoms with van der Waals surface area (Å²) >= 11 is 0. The fraction of sp³-hybridized carbons (Fsp3) is 0.500. The number of aliphatic hydroxyl groups excluding tert-OH is 1. The van der Waals surface area contributed by atoms with Crippen molar-refractivity contribution < 1.29 is 19.4 Å². The van der Waals surface area contributed by atoms with Crippen molar-refractivity contribution in [2.24, 2.45) is 5.41 Å². The lowest BCUT2D eigenvalue weighted by Gasteiger charge is -2.31. The van der Waals surface area contributed by atoms with Crippen molar-refractivity contribution in [3.05, 3.63) is 35.9 Å². The maximum atomic E-state index is 12.4. The number of aliphatic hydroxyl groups is 1. The summed E-state index contributed by atoms with van der Waals surface area (Å²) < 4.78 is 5.12. The molecule has 1 aromatic rings. The SMILES string of the molecule is CC(=O)O[C@H](C(=O)N[C@H](CO)C(C)(C)C)c1ccccc1. The summed E-state index contributed by atoms with van der Waals surface area (Å²) in [6.45, 7) is 6.82. The van der Waals surface area contributed by atoms with Crippen LogP contribution in [0.4, 0.5) is 0 Å². The summed E-state index contributed by atoms with van der Waals surface area (Å²) in [5.74, 6) is -0.972. The molecule has 1 amide bonds. The Kier molecular flexibility index (Phi) is 5.90.